The highest BCUT2D eigenvalue weighted by Crippen LogP contribution is 2.28. The van der Waals surface area contributed by atoms with Crippen molar-refractivity contribution >= 4 is 15.9 Å². The van der Waals surface area contributed by atoms with Crippen molar-refractivity contribution in [2.24, 2.45) is 0 Å². The highest BCUT2D eigenvalue weighted by Gasteiger charge is 2.30. The van der Waals surface area contributed by atoms with Crippen LogP contribution in [0.15, 0.2) is 18.3 Å². The topological polar surface area (TPSA) is 68.3 Å². The minimum absolute atomic E-state index is 0.00642. The predicted octanol–water partition coefficient (Wildman–Crippen LogP) is 1.88. The average molecular weight is 298 g/mol. The molecule has 19 heavy (non-hydrogen) atoms. The largest absolute Gasteiger partial charge is 0.417 e. The summed E-state index contributed by atoms with van der Waals surface area (Å²) >= 11 is 0. The first-order valence-electron chi connectivity index (χ1n) is 5.30. The third kappa shape index (κ3) is 6.39. The third-order valence-corrected chi connectivity index (χ3v) is 2.61. The molecule has 1 N–H and O–H groups in total. The summed E-state index contributed by atoms with van der Waals surface area (Å²) in [6.07, 6.45) is -2.35. The standard InChI is InChI=1S/C10H13F3N2O3S/c1-19(16,17)18-6-2-5-14-9-4-3-8(7-15-9)10(11,12)13/h3-4,7H,2,5-6H2,1H3,(H,14,15). The van der Waals surface area contributed by atoms with E-state index in [0.717, 1.165) is 18.5 Å². The fourth-order valence-corrected chi connectivity index (χ4v) is 1.59. The molecule has 0 aliphatic rings. The monoisotopic (exact) mass is 298 g/mol. The Morgan fingerprint density at radius 1 is 1.37 bits per heavy atom. The predicted molar refractivity (Wildman–Crippen MR) is 63.1 cm³/mol. The van der Waals surface area contributed by atoms with Gasteiger partial charge in [0.15, 0.2) is 0 Å². The zero-order valence-electron chi connectivity index (χ0n) is 10.1. The van der Waals surface area contributed by atoms with Gasteiger partial charge in [-0.1, -0.05) is 0 Å². The minimum atomic E-state index is -4.41. The molecule has 0 saturated carbocycles. The van der Waals surface area contributed by atoms with Gasteiger partial charge in [-0.2, -0.15) is 21.6 Å². The number of hydrogen-bond donors (Lipinski definition) is 1. The van der Waals surface area contributed by atoms with Crippen molar-refractivity contribution < 1.29 is 25.8 Å². The maximum Gasteiger partial charge on any atom is 0.417 e. The number of nitrogens with zero attached hydrogens (tertiary/aromatic N) is 1. The maximum absolute atomic E-state index is 12.2. The van der Waals surface area contributed by atoms with Crippen molar-refractivity contribution in [3.8, 4) is 0 Å². The van der Waals surface area contributed by atoms with Crippen LogP contribution >= 0.6 is 0 Å². The summed E-state index contributed by atoms with van der Waals surface area (Å²) in [6, 6.07) is 2.13. The number of nitrogens with one attached hydrogen (secondary N) is 1. The van der Waals surface area contributed by atoms with E-state index in [1.54, 1.807) is 0 Å². The zero-order valence-corrected chi connectivity index (χ0v) is 10.9. The van der Waals surface area contributed by atoms with Gasteiger partial charge in [0.1, 0.15) is 5.82 Å². The lowest BCUT2D eigenvalue weighted by molar-refractivity contribution is -0.137. The summed E-state index contributed by atoms with van der Waals surface area (Å²) in [7, 11) is -3.46. The SMILES string of the molecule is CS(=O)(=O)OCCCNc1ccc(C(F)(F)F)cn1. The van der Waals surface area contributed by atoms with Crippen molar-refractivity contribution in [3.63, 3.8) is 0 Å². The summed E-state index contributed by atoms with van der Waals surface area (Å²) in [5.74, 6) is 0.285. The second kappa shape index (κ2) is 6.20. The van der Waals surface area contributed by atoms with E-state index in [1.165, 1.54) is 6.07 Å². The van der Waals surface area contributed by atoms with Crippen LogP contribution in [0.1, 0.15) is 12.0 Å². The van der Waals surface area contributed by atoms with Gasteiger partial charge in [0.25, 0.3) is 10.1 Å². The molecule has 0 unspecified atom stereocenters. The molecule has 0 atom stereocenters. The molecule has 1 heterocycles. The summed E-state index contributed by atoms with van der Waals surface area (Å²) in [6.45, 7) is 0.348. The Labute approximate surface area is 108 Å². The Morgan fingerprint density at radius 3 is 2.53 bits per heavy atom. The van der Waals surface area contributed by atoms with Crippen molar-refractivity contribution in [2.45, 2.75) is 12.6 Å². The van der Waals surface area contributed by atoms with Crippen molar-refractivity contribution in [1.82, 2.24) is 4.98 Å². The van der Waals surface area contributed by atoms with Crippen LogP contribution in [-0.4, -0.2) is 32.8 Å². The van der Waals surface area contributed by atoms with E-state index in [2.05, 4.69) is 14.5 Å². The smallest absolute Gasteiger partial charge is 0.370 e. The number of alkyl halides is 3. The fraction of sp³-hybridized carbons (Fsp3) is 0.500. The van der Waals surface area contributed by atoms with Crippen LogP contribution < -0.4 is 5.32 Å². The first-order valence-corrected chi connectivity index (χ1v) is 7.12. The van der Waals surface area contributed by atoms with Crippen LogP contribution in [0.2, 0.25) is 0 Å². The normalized spacial score (nSPS) is 12.4. The Kier molecular flexibility index (Phi) is 5.12. The first-order chi connectivity index (χ1) is 8.68. The fourth-order valence-electron chi connectivity index (χ4n) is 1.17. The molecule has 108 valence electrons. The summed E-state index contributed by atoms with van der Waals surface area (Å²) < 4.78 is 62.5. The molecule has 0 amide bonds. The van der Waals surface area contributed by atoms with Gasteiger partial charge in [0.05, 0.1) is 18.4 Å². The number of hydrogen-bond acceptors (Lipinski definition) is 5. The molecule has 1 aromatic heterocycles. The van der Waals surface area contributed by atoms with Gasteiger partial charge in [-0.3, -0.25) is 4.18 Å². The van der Waals surface area contributed by atoms with E-state index in [9.17, 15) is 21.6 Å². The van der Waals surface area contributed by atoms with E-state index in [1.807, 2.05) is 0 Å². The Hall–Kier alpha value is -1.35. The molecule has 0 fully saturated rings. The van der Waals surface area contributed by atoms with Gasteiger partial charge in [0.2, 0.25) is 0 Å². The Bertz CT molecular complexity index is 500. The minimum Gasteiger partial charge on any atom is -0.370 e. The molecule has 0 aliphatic carbocycles. The average Bonchev–Trinajstić information content (AvgIpc) is 2.26. The van der Waals surface area contributed by atoms with E-state index >= 15 is 0 Å². The summed E-state index contributed by atoms with van der Waals surface area (Å²) in [4.78, 5) is 3.60. The summed E-state index contributed by atoms with van der Waals surface area (Å²) in [5.41, 5.74) is -0.821. The number of pyridine rings is 1. The van der Waals surface area contributed by atoms with Crippen molar-refractivity contribution in [2.75, 3.05) is 24.7 Å². The molecule has 9 heteroatoms. The molecule has 1 aromatic rings. The molecule has 0 spiro atoms. The molecule has 0 aromatic carbocycles. The van der Waals surface area contributed by atoms with E-state index in [4.69, 9.17) is 0 Å². The number of halogens is 3. The van der Waals surface area contributed by atoms with Gasteiger partial charge in [-0.05, 0) is 18.6 Å². The Balaban J connectivity index is 2.35. The maximum atomic E-state index is 12.2. The third-order valence-electron chi connectivity index (χ3n) is 2.02. The second-order valence-corrected chi connectivity index (χ2v) is 5.38. The van der Waals surface area contributed by atoms with Gasteiger partial charge in [-0.25, -0.2) is 4.98 Å². The summed E-state index contributed by atoms with van der Waals surface area (Å²) in [5, 5.41) is 2.76. The first kappa shape index (κ1) is 15.7. The van der Waals surface area contributed by atoms with E-state index < -0.39 is 21.9 Å². The van der Waals surface area contributed by atoms with Crippen LogP contribution in [0.3, 0.4) is 0 Å². The number of rotatable bonds is 6. The number of anilines is 1. The van der Waals surface area contributed by atoms with Gasteiger partial charge < -0.3 is 5.32 Å². The van der Waals surface area contributed by atoms with Gasteiger partial charge in [-0.15, -0.1) is 0 Å². The molecule has 1 rings (SSSR count). The van der Waals surface area contributed by atoms with Crippen LogP contribution in [0.25, 0.3) is 0 Å². The van der Waals surface area contributed by atoms with Crippen LogP contribution in [0, 0.1) is 0 Å². The second-order valence-electron chi connectivity index (χ2n) is 3.74. The van der Waals surface area contributed by atoms with Crippen molar-refractivity contribution in [3.05, 3.63) is 23.9 Å². The lowest BCUT2D eigenvalue weighted by Gasteiger charge is -2.08. The van der Waals surface area contributed by atoms with Crippen LogP contribution in [0.5, 0.6) is 0 Å². The molecule has 5 nitrogen and oxygen atoms in total. The Morgan fingerprint density at radius 2 is 2.05 bits per heavy atom. The molecular formula is C10H13F3N2O3S. The van der Waals surface area contributed by atoms with Gasteiger partial charge in [0, 0.05) is 12.7 Å². The molecular weight excluding hydrogens is 285 g/mol. The van der Waals surface area contributed by atoms with E-state index in [-0.39, 0.29) is 12.4 Å². The molecule has 0 bridgehead atoms. The lowest BCUT2D eigenvalue weighted by atomic mass is 10.3. The van der Waals surface area contributed by atoms with E-state index in [0.29, 0.717) is 13.0 Å². The molecule has 0 radical (unpaired) electrons. The highest BCUT2D eigenvalue weighted by molar-refractivity contribution is 7.85. The van der Waals surface area contributed by atoms with Crippen LogP contribution in [-0.2, 0) is 20.5 Å². The highest BCUT2D eigenvalue weighted by atomic mass is 32.2. The number of aromatic nitrogens is 1. The lowest BCUT2D eigenvalue weighted by Crippen LogP contribution is -2.10. The van der Waals surface area contributed by atoms with Crippen LogP contribution in [0.4, 0.5) is 19.0 Å². The molecule has 0 aliphatic heterocycles. The zero-order chi connectivity index (χ0) is 14.5. The molecule has 0 saturated heterocycles. The van der Waals surface area contributed by atoms with Gasteiger partial charge >= 0.3 is 6.18 Å². The quantitative estimate of drug-likeness (QED) is 0.641. The van der Waals surface area contributed by atoms with Crippen molar-refractivity contribution in [1.29, 1.82) is 0 Å².